The number of hydrogen-bond acceptors (Lipinski definition) is 4. The summed E-state index contributed by atoms with van der Waals surface area (Å²) in [5, 5.41) is 21.5. The minimum absolute atomic E-state index is 0.638. The van der Waals surface area contributed by atoms with E-state index in [2.05, 4.69) is 144 Å². The number of nitriles is 1. The monoisotopic (exact) mass is 825 g/mol. The van der Waals surface area contributed by atoms with Crippen molar-refractivity contribution < 1.29 is 0 Å². The molecule has 0 unspecified atom stereocenters. The maximum atomic E-state index is 9.97. The summed E-state index contributed by atoms with van der Waals surface area (Å²) in [4.78, 5) is 15.3. The molecule has 0 spiro atoms. The Hall–Kier alpha value is -8.98. The van der Waals surface area contributed by atoms with Gasteiger partial charge in [0.2, 0.25) is 0 Å². The fourth-order valence-corrected chi connectivity index (χ4v) is 10.00. The summed E-state index contributed by atoms with van der Waals surface area (Å²) < 4.78 is 2.31. The minimum Gasteiger partial charge on any atom is -0.309 e. The van der Waals surface area contributed by atoms with Crippen LogP contribution in [0.4, 0.5) is 0 Å². The first-order valence-corrected chi connectivity index (χ1v) is 21.8. The second-order valence-corrected chi connectivity index (χ2v) is 16.7. The van der Waals surface area contributed by atoms with Crippen molar-refractivity contribution in [3.63, 3.8) is 0 Å². The topological polar surface area (TPSA) is 67.4 Å². The maximum absolute atomic E-state index is 9.97. The molecule has 0 amide bonds. The zero-order valence-electron chi connectivity index (χ0n) is 34.9. The lowest BCUT2D eigenvalue weighted by molar-refractivity contribution is 1.08. The fraction of sp³-hybridized carbons (Fsp3) is 0. The Bertz CT molecular complexity index is 3980. The maximum Gasteiger partial charge on any atom is 0.164 e. The first-order chi connectivity index (χ1) is 32.2. The highest BCUT2D eigenvalue weighted by Crippen LogP contribution is 2.44. The zero-order chi connectivity index (χ0) is 43.0. The third kappa shape index (κ3) is 5.89. The molecule has 0 fully saturated rings. The first-order valence-electron chi connectivity index (χ1n) is 21.8. The van der Waals surface area contributed by atoms with E-state index in [1.165, 1.54) is 37.9 Å². The second-order valence-electron chi connectivity index (χ2n) is 16.7. The molecule has 5 nitrogen and oxygen atoms in total. The van der Waals surface area contributed by atoms with Crippen LogP contribution in [0.3, 0.4) is 0 Å². The van der Waals surface area contributed by atoms with Gasteiger partial charge in [-0.25, -0.2) is 15.0 Å². The Balaban J connectivity index is 0.973. The van der Waals surface area contributed by atoms with E-state index >= 15 is 0 Å². The van der Waals surface area contributed by atoms with Crippen molar-refractivity contribution >= 4 is 64.9 Å². The van der Waals surface area contributed by atoms with E-state index in [4.69, 9.17) is 15.0 Å². The van der Waals surface area contributed by atoms with E-state index in [0.717, 1.165) is 71.6 Å². The Morgan fingerprint density at radius 3 is 1.42 bits per heavy atom. The number of benzene rings is 11. The highest BCUT2D eigenvalue weighted by atomic mass is 15.0. The fourth-order valence-electron chi connectivity index (χ4n) is 10.00. The molecule has 13 rings (SSSR count). The van der Waals surface area contributed by atoms with E-state index in [0.29, 0.717) is 23.0 Å². The second kappa shape index (κ2) is 14.6. The van der Waals surface area contributed by atoms with Gasteiger partial charge < -0.3 is 4.57 Å². The van der Waals surface area contributed by atoms with Crippen molar-refractivity contribution in [1.29, 1.82) is 5.26 Å². The van der Waals surface area contributed by atoms with Crippen molar-refractivity contribution in [2.45, 2.75) is 0 Å². The third-order valence-electron chi connectivity index (χ3n) is 13.0. The highest BCUT2D eigenvalue weighted by molar-refractivity contribution is 6.26. The molecule has 0 saturated heterocycles. The van der Waals surface area contributed by atoms with E-state index in [1.807, 2.05) is 78.9 Å². The van der Waals surface area contributed by atoms with Crippen LogP contribution in [0.2, 0.25) is 0 Å². The molecular weight excluding hydrogens is 791 g/mol. The molecule has 300 valence electrons. The van der Waals surface area contributed by atoms with Crippen LogP contribution in [0.1, 0.15) is 5.56 Å². The predicted octanol–water partition coefficient (Wildman–Crippen LogP) is 15.2. The largest absolute Gasteiger partial charge is 0.309 e. The summed E-state index contributed by atoms with van der Waals surface area (Å²) in [6.07, 6.45) is 0. The number of fused-ring (bicyclic) bond motifs is 5. The third-order valence-corrected chi connectivity index (χ3v) is 13.0. The van der Waals surface area contributed by atoms with Crippen molar-refractivity contribution in [3.05, 3.63) is 218 Å². The first kappa shape index (κ1) is 36.7. The summed E-state index contributed by atoms with van der Waals surface area (Å²) in [5.41, 5.74) is 11.3. The minimum atomic E-state index is 0.638. The van der Waals surface area contributed by atoms with Gasteiger partial charge in [-0.1, -0.05) is 164 Å². The van der Waals surface area contributed by atoms with Crippen LogP contribution in [-0.4, -0.2) is 19.5 Å². The SMILES string of the molecule is N#Cc1cc2ccc3cc(-c4ccc(-c5cc6c7ccccc7c(-c7nc(-c8ccccc8)nc(-c8ccccc8)n7)cc6c6ccccc56)cc4)cc4c3c2c(c1)n4-c1ccccc1. The summed E-state index contributed by atoms with van der Waals surface area (Å²) in [5.74, 6) is 1.92. The normalized spacial score (nSPS) is 11.7. The summed E-state index contributed by atoms with van der Waals surface area (Å²) in [6, 6.07) is 77.1. The average Bonchev–Trinajstić information content (AvgIpc) is 3.72. The number of para-hydroxylation sites is 1. The van der Waals surface area contributed by atoms with E-state index in [1.54, 1.807) is 0 Å². The quantitative estimate of drug-likeness (QED) is 0.157. The summed E-state index contributed by atoms with van der Waals surface area (Å²) in [7, 11) is 0. The molecular formula is C60H35N5. The zero-order valence-corrected chi connectivity index (χ0v) is 34.9. The van der Waals surface area contributed by atoms with Gasteiger partial charge in [-0.15, -0.1) is 0 Å². The lowest BCUT2D eigenvalue weighted by Gasteiger charge is -2.16. The molecule has 5 heteroatoms. The molecule has 0 saturated carbocycles. The highest BCUT2D eigenvalue weighted by Gasteiger charge is 2.21. The summed E-state index contributed by atoms with van der Waals surface area (Å²) >= 11 is 0. The van der Waals surface area contributed by atoms with Crippen molar-refractivity contribution in [2.24, 2.45) is 0 Å². The Kier molecular flexibility index (Phi) is 8.21. The van der Waals surface area contributed by atoms with Gasteiger partial charge in [-0.3, -0.25) is 0 Å². The van der Waals surface area contributed by atoms with Crippen LogP contribution in [-0.2, 0) is 0 Å². The van der Waals surface area contributed by atoms with Gasteiger partial charge in [-0.05, 0) is 114 Å². The molecule has 65 heavy (non-hydrogen) atoms. The van der Waals surface area contributed by atoms with E-state index in [-0.39, 0.29) is 0 Å². The predicted molar refractivity (Wildman–Crippen MR) is 267 cm³/mol. The van der Waals surface area contributed by atoms with Crippen LogP contribution < -0.4 is 0 Å². The van der Waals surface area contributed by atoms with Crippen LogP contribution in [0.15, 0.2) is 212 Å². The number of nitrogens with zero attached hydrogens (tertiary/aromatic N) is 5. The number of aromatic nitrogens is 4. The molecule has 0 N–H and O–H groups in total. The standard InChI is InChI=1S/C60H35N5/c61-36-37-30-42-28-29-43-32-44(33-55-57(43)56(42)54(31-37)65(55)45-18-8-3-9-19-45)38-24-26-39(27-25-38)50-34-51-48-22-12-13-23-49(48)53(35-52(51)47-21-11-10-20-46(47)50)60-63-58(40-14-4-1-5-15-40)62-59(64-60)41-16-6-2-7-17-41/h1-35H. The summed E-state index contributed by atoms with van der Waals surface area (Å²) in [6.45, 7) is 0. The molecule has 0 atom stereocenters. The smallest absolute Gasteiger partial charge is 0.164 e. The Labute approximate surface area is 374 Å². The van der Waals surface area contributed by atoms with Gasteiger partial charge in [0.1, 0.15) is 0 Å². The van der Waals surface area contributed by atoms with E-state index in [9.17, 15) is 5.26 Å². The van der Waals surface area contributed by atoms with E-state index < -0.39 is 0 Å². The van der Waals surface area contributed by atoms with Crippen molar-refractivity contribution in [2.75, 3.05) is 0 Å². The molecule has 0 radical (unpaired) electrons. The van der Waals surface area contributed by atoms with Gasteiger partial charge in [0, 0.05) is 33.2 Å². The molecule has 2 heterocycles. The lowest BCUT2D eigenvalue weighted by atomic mass is 9.88. The molecule has 0 aliphatic rings. The molecule has 0 aliphatic heterocycles. The molecule has 11 aromatic carbocycles. The molecule has 0 aliphatic carbocycles. The van der Waals surface area contributed by atoms with Gasteiger partial charge in [-0.2, -0.15) is 5.26 Å². The van der Waals surface area contributed by atoms with Gasteiger partial charge in [0.25, 0.3) is 0 Å². The van der Waals surface area contributed by atoms with Crippen molar-refractivity contribution in [3.8, 4) is 68.2 Å². The number of rotatable bonds is 6. The van der Waals surface area contributed by atoms with Crippen LogP contribution in [0, 0.1) is 11.3 Å². The van der Waals surface area contributed by atoms with Crippen LogP contribution in [0.25, 0.3) is 127 Å². The van der Waals surface area contributed by atoms with Gasteiger partial charge >= 0.3 is 0 Å². The number of hydrogen-bond donors (Lipinski definition) is 0. The molecule has 0 bridgehead atoms. The van der Waals surface area contributed by atoms with Crippen molar-refractivity contribution in [1.82, 2.24) is 19.5 Å². The molecule has 2 aromatic heterocycles. The van der Waals surface area contributed by atoms with Crippen LogP contribution >= 0.6 is 0 Å². The average molecular weight is 826 g/mol. The molecule has 13 aromatic rings. The van der Waals surface area contributed by atoms with Crippen LogP contribution in [0.5, 0.6) is 0 Å². The Morgan fingerprint density at radius 2 is 0.815 bits per heavy atom. The lowest BCUT2D eigenvalue weighted by Crippen LogP contribution is -2.00. The van der Waals surface area contributed by atoms with Gasteiger partial charge in [0.05, 0.1) is 22.7 Å². The van der Waals surface area contributed by atoms with Gasteiger partial charge in [0.15, 0.2) is 17.5 Å². The Morgan fingerprint density at radius 1 is 0.338 bits per heavy atom.